The van der Waals surface area contributed by atoms with E-state index in [1.165, 1.54) is 23.9 Å². The Morgan fingerprint density at radius 3 is 2.32 bits per heavy atom. The number of aromatic nitrogens is 1. The molecule has 326 valence electrons. The molecule has 0 spiro atoms. The number of ether oxygens (including phenoxy) is 2. The summed E-state index contributed by atoms with van der Waals surface area (Å²) in [5.74, 6) is -0.610. The Bertz CT molecular complexity index is 1930. The molecule has 1 aromatic heterocycles. The van der Waals surface area contributed by atoms with Gasteiger partial charge in [0.25, 0.3) is 10.9 Å². The van der Waals surface area contributed by atoms with Gasteiger partial charge in [0.15, 0.2) is 5.82 Å². The highest BCUT2D eigenvalue weighted by atomic mass is 32.2. The summed E-state index contributed by atoms with van der Waals surface area (Å²) in [6.07, 6.45) is 2.28. The van der Waals surface area contributed by atoms with Gasteiger partial charge in [-0.3, -0.25) is 19.7 Å². The number of fused-ring (bicyclic) bond motifs is 1. The van der Waals surface area contributed by atoms with Gasteiger partial charge in [0.2, 0.25) is 5.91 Å². The largest absolute Gasteiger partial charge is 0.468 e. The van der Waals surface area contributed by atoms with E-state index < -0.39 is 22.7 Å². The SMILES string of the molecule is CCOC(=O)C1C2=CSC(COC(=S)N3CCN(c4nc(N(CC)CC)ccc4N(CC)CC)CC3)N2C(C)=C(C(=O)NCCN2CCCC2)C1c1cccc([N+](=O)[O-])c1. The van der Waals surface area contributed by atoms with Gasteiger partial charge in [-0.15, -0.1) is 11.8 Å². The number of esters is 1. The molecule has 60 heavy (non-hydrogen) atoms. The molecular weight excluding hydrogens is 803 g/mol. The third-order valence-corrected chi connectivity index (χ3v) is 13.4. The Balaban J connectivity index is 1.21. The quantitative estimate of drug-likeness (QED) is 0.0889. The Morgan fingerprint density at radius 1 is 0.967 bits per heavy atom. The number of nitro benzene ring substituents is 1. The molecule has 2 aromatic rings. The fourth-order valence-corrected chi connectivity index (χ4v) is 10.2. The van der Waals surface area contributed by atoms with Gasteiger partial charge in [-0.05, 0) is 103 Å². The molecule has 15 nitrogen and oxygen atoms in total. The van der Waals surface area contributed by atoms with E-state index >= 15 is 0 Å². The molecule has 2 saturated heterocycles. The average Bonchev–Trinajstić information content (AvgIpc) is 3.95. The number of nitrogens with one attached hydrogen (secondary N) is 1. The van der Waals surface area contributed by atoms with Gasteiger partial charge in [-0.1, -0.05) is 12.1 Å². The van der Waals surface area contributed by atoms with Crippen LogP contribution in [0.3, 0.4) is 0 Å². The summed E-state index contributed by atoms with van der Waals surface area (Å²) in [4.78, 5) is 58.4. The van der Waals surface area contributed by atoms with E-state index in [2.05, 4.69) is 69.6 Å². The molecule has 0 radical (unpaired) electrons. The van der Waals surface area contributed by atoms with Gasteiger partial charge in [0.1, 0.15) is 23.7 Å². The van der Waals surface area contributed by atoms with E-state index in [1.54, 1.807) is 19.1 Å². The van der Waals surface area contributed by atoms with Gasteiger partial charge in [-0.2, -0.15) is 0 Å². The highest BCUT2D eigenvalue weighted by molar-refractivity contribution is 8.03. The van der Waals surface area contributed by atoms with Crippen LogP contribution in [-0.2, 0) is 19.1 Å². The number of rotatable bonds is 17. The molecule has 6 rings (SSSR count). The molecule has 1 aromatic carbocycles. The first kappa shape index (κ1) is 44.9. The second-order valence-electron chi connectivity index (χ2n) is 15.3. The number of non-ortho nitro benzene ring substituents is 1. The molecule has 5 heterocycles. The minimum Gasteiger partial charge on any atom is -0.468 e. The van der Waals surface area contributed by atoms with Gasteiger partial charge >= 0.3 is 5.97 Å². The summed E-state index contributed by atoms with van der Waals surface area (Å²) in [6.45, 7) is 22.0. The number of piperazine rings is 1. The van der Waals surface area contributed by atoms with E-state index in [1.807, 2.05) is 17.2 Å². The summed E-state index contributed by atoms with van der Waals surface area (Å²) in [6, 6.07) is 10.5. The number of carbonyl (C=O) groups is 2. The number of hydrogen-bond acceptors (Lipinski definition) is 14. The van der Waals surface area contributed by atoms with E-state index in [0.717, 1.165) is 82.5 Å². The molecule has 0 bridgehead atoms. The van der Waals surface area contributed by atoms with Crippen molar-refractivity contribution in [1.29, 1.82) is 0 Å². The predicted octanol–water partition coefficient (Wildman–Crippen LogP) is 5.78. The van der Waals surface area contributed by atoms with Gasteiger partial charge in [0, 0.05) is 100 Å². The lowest BCUT2D eigenvalue weighted by atomic mass is 9.74. The zero-order chi connectivity index (χ0) is 42.9. The molecular formula is C43H61N9O6S2. The zero-order valence-electron chi connectivity index (χ0n) is 35.9. The first-order chi connectivity index (χ1) is 29.0. The summed E-state index contributed by atoms with van der Waals surface area (Å²) < 4.78 is 12.1. The number of pyridine rings is 1. The van der Waals surface area contributed by atoms with Crippen molar-refractivity contribution in [3.63, 3.8) is 0 Å². The number of benzene rings is 1. The zero-order valence-corrected chi connectivity index (χ0v) is 37.6. The number of hydrogen-bond donors (Lipinski definition) is 1. The van der Waals surface area contributed by atoms with Crippen molar-refractivity contribution in [2.24, 2.45) is 5.92 Å². The van der Waals surface area contributed by atoms with Crippen LogP contribution in [0, 0.1) is 16.0 Å². The first-order valence-electron chi connectivity index (χ1n) is 21.5. The van der Waals surface area contributed by atoms with E-state index in [-0.39, 0.29) is 30.2 Å². The van der Waals surface area contributed by atoms with Gasteiger partial charge in [0.05, 0.1) is 17.2 Å². The molecule has 3 unspecified atom stereocenters. The number of amides is 1. The van der Waals surface area contributed by atoms with Crippen LogP contribution >= 0.6 is 24.0 Å². The standard InChI is InChI=1S/C43H61N9O6S2/c1-7-47(8-2)33-17-18-35(48(9-3)10-4)45-40(33)49-23-25-50(26-24-49)43(59)58-28-36-51-30(6)37(41(53)44-19-22-46-20-12-13-21-46)38(31-15-14-16-32(27-31)52(55)56)39(34(51)29-60-36)42(54)57-11-5/h14-18,27,29,36,38-39H,7-13,19-26,28H2,1-6H3,(H,44,53). The van der Waals surface area contributed by atoms with Crippen molar-refractivity contribution in [3.8, 4) is 0 Å². The highest BCUT2D eigenvalue weighted by Gasteiger charge is 2.50. The van der Waals surface area contributed by atoms with E-state index in [0.29, 0.717) is 53.9 Å². The van der Waals surface area contributed by atoms with Crippen molar-refractivity contribution in [3.05, 3.63) is 74.5 Å². The maximum absolute atomic E-state index is 14.4. The minimum atomic E-state index is -0.928. The molecule has 0 aliphatic carbocycles. The number of allylic oxidation sites excluding steroid dienone is 1. The molecule has 4 aliphatic rings. The lowest BCUT2D eigenvalue weighted by Crippen LogP contribution is -2.50. The second kappa shape index (κ2) is 20.8. The van der Waals surface area contributed by atoms with Crippen LogP contribution in [0.4, 0.5) is 23.0 Å². The number of nitro groups is 1. The highest BCUT2D eigenvalue weighted by Crippen LogP contribution is 2.51. The number of thioether (sulfide) groups is 1. The topological polar surface area (TPSA) is 140 Å². The van der Waals surface area contributed by atoms with Crippen LogP contribution in [0.5, 0.6) is 0 Å². The van der Waals surface area contributed by atoms with Crippen LogP contribution in [0.25, 0.3) is 0 Å². The van der Waals surface area contributed by atoms with Crippen LogP contribution in [0.15, 0.2) is 58.8 Å². The van der Waals surface area contributed by atoms with Crippen LogP contribution in [0.1, 0.15) is 65.9 Å². The minimum absolute atomic E-state index is 0.117. The Hall–Kier alpha value is -4.61. The molecule has 17 heteroatoms. The lowest BCUT2D eigenvalue weighted by Gasteiger charge is -2.42. The van der Waals surface area contributed by atoms with Crippen LogP contribution in [-0.4, -0.2) is 139 Å². The van der Waals surface area contributed by atoms with Crippen molar-refractivity contribution in [2.45, 2.75) is 65.7 Å². The molecule has 1 N–H and O–H groups in total. The van der Waals surface area contributed by atoms with Crippen LogP contribution < -0.4 is 20.0 Å². The third-order valence-electron chi connectivity index (χ3n) is 12.0. The second-order valence-corrected chi connectivity index (χ2v) is 16.7. The van der Waals surface area contributed by atoms with E-state index in [9.17, 15) is 19.7 Å². The number of nitrogens with zero attached hydrogens (tertiary/aromatic N) is 8. The monoisotopic (exact) mass is 863 g/mol. The van der Waals surface area contributed by atoms with Gasteiger partial charge < -0.3 is 44.2 Å². The predicted molar refractivity (Wildman–Crippen MR) is 242 cm³/mol. The summed E-state index contributed by atoms with van der Waals surface area (Å²) >= 11 is 7.40. The number of anilines is 3. The maximum atomic E-state index is 14.4. The molecule has 2 fully saturated rings. The Kier molecular flexibility index (Phi) is 15.6. The number of thiocarbonyl (C=S) groups is 1. The number of likely N-dealkylation sites (tertiary alicyclic amines) is 1. The molecule has 1 amide bonds. The molecule has 4 aliphatic heterocycles. The van der Waals surface area contributed by atoms with Crippen molar-refractivity contribution in [1.82, 2.24) is 25.0 Å². The van der Waals surface area contributed by atoms with Crippen LogP contribution in [0.2, 0.25) is 0 Å². The normalized spacial score (nSPS) is 20.5. The Labute approximate surface area is 364 Å². The molecule has 3 atom stereocenters. The summed E-state index contributed by atoms with van der Waals surface area (Å²) in [7, 11) is 0. The smallest absolute Gasteiger partial charge is 0.315 e. The Morgan fingerprint density at radius 2 is 1.67 bits per heavy atom. The molecule has 0 saturated carbocycles. The van der Waals surface area contributed by atoms with Gasteiger partial charge in [-0.25, -0.2) is 4.98 Å². The summed E-state index contributed by atoms with van der Waals surface area (Å²) in [5, 5.41) is 17.0. The number of carbonyl (C=O) groups excluding carboxylic acids is 2. The van der Waals surface area contributed by atoms with Crippen molar-refractivity contribution in [2.75, 3.05) is 106 Å². The fourth-order valence-electron chi connectivity index (χ4n) is 8.82. The first-order valence-corrected chi connectivity index (χ1v) is 22.8. The third kappa shape index (κ3) is 9.78. The van der Waals surface area contributed by atoms with E-state index in [4.69, 9.17) is 26.7 Å². The summed E-state index contributed by atoms with van der Waals surface area (Å²) in [5.41, 5.74) is 3.20. The fraction of sp³-hybridized carbons (Fsp3) is 0.581. The van der Waals surface area contributed by atoms with Crippen molar-refractivity contribution < 1.29 is 24.0 Å². The maximum Gasteiger partial charge on any atom is 0.315 e. The lowest BCUT2D eigenvalue weighted by molar-refractivity contribution is -0.384. The average molecular weight is 864 g/mol. The van der Waals surface area contributed by atoms with Crippen molar-refractivity contribution >= 4 is 64.0 Å².